The van der Waals surface area contributed by atoms with Crippen molar-refractivity contribution in [1.29, 1.82) is 0 Å². The van der Waals surface area contributed by atoms with Gasteiger partial charge in [-0.15, -0.1) is 0 Å². The molecular weight excluding hydrogens is 286 g/mol. The number of nitrogen functional groups attached to an aromatic ring is 2. The number of amides is 1. The third-order valence-corrected chi connectivity index (χ3v) is 3.12. The molecule has 1 heterocycles. The van der Waals surface area contributed by atoms with Crippen molar-refractivity contribution >= 4 is 23.5 Å². The number of hydrogen-bond acceptors (Lipinski definition) is 6. The number of nitrogens with one attached hydrogen (secondary N) is 1. The molecule has 2 rings (SSSR count). The molecule has 0 spiro atoms. The van der Waals surface area contributed by atoms with E-state index >= 15 is 0 Å². The molecule has 22 heavy (non-hydrogen) atoms. The summed E-state index contributed by atoms with van der Waals surface area (Å²) >= 11 is 0. The van der Waals surface area contributed by atoms with E-state index in [2.05, 4.69) is 9.97 Å². The van der Waals surface area contributed by atoms with Crippen molar-refractivity contribution in [3.8, 4) is 0 Å². The van der Waals surface area contributed by atoms with Gasteiger partial charge in [-0.25, -0.2) is 0 Å². The summed E-state index contributed by atoms with van der Waals surface area (Å²) in [5, 5.41) is 0. The summed E-state index contributed by atoms with van der Waals surface area (Å²) in [4.78, 5) is 40.7. The van der Waals surface area contributed by atoms with Crippen LogP contribution in [0.4, 0.5) is 11.8 Å². The lowest BCUT2D eigenvalue weighted by molar-refractivity contribution is 0.0978. The fourth-order valence-electron chi connectivity index (χ4n) is 2.00. The number of nitrogens with two attached hydrogens (primary N) is 3. The van der Waals surface area contributed by atoms with Crippen LogP contribution in [0.5, 0.6) is 0 Å². The molecule has 8 heteroatoms. The number of primary amides is 1. The molecule has 0 saturated carbocycles. The van der Waals surface area contributed by atoms with Crippen LogP contribution in [0.2, 0.25) is 0 Å². The Labute approximate surface area is 125 Å². The van der Waals surface area contributed by atoms with E-state index in [1.807, 2.05) is 0 Å². The molecule has 1 aromatic carbocycles. The average molecular weight is 301 g/mol. The fourth-order valence-corrected chi connectivity index (χ4v) is 2.00. The predicted octanol–water partition coefficient (Wildman–Crippen LogP) is -0.151. The molecule has 7 N–H and O–H groups in total. The Kier molecular flexibility index (Phi) is 4.21. The number of rotatable bonds is 5. The maximum absolute atomic E-state index is 12.1. The van der Waals surface area contributed by atoms with E-state index in [1.165, 1.54) is 0 Å². The lowest BCUT2D eigenvalue weighted by Crippen LogP contribution is -2.23. The molecule has 8 nitrogen and oxygen atoms in total. The van der Waals surface area contributed by atoms with Crippen molar-refractivity contribution in [3.05, 3.63) is 51.3 Å². The van der Waals surface area contributed by atoms with Crippen LogP contribution in [0.25, 0.3) is 0 Å². The molecule has 0 aliphatic carbocycles. The highest BCUT2D eigenvalue weighted by Gasteiger charge is 2.16. The van der Waals surface area contributed by atoms with Crippen LogP contribution in [-0.4, -0.2) is 21.7 Å². The molecule has 0 aliphatic rings. The lowest BCUT2D eigenvalue weighted by atomic mass is 10.0. The topological polar surface area (TPSA) is 158 Å². The highest BCUT2D eigenvalue weighted by Crippen LogP contribution is 2.11. The summed E-state index contributed by atoms with van der Waals surface area (Å²) in [6.07, 6.45) is 0.468. The third kappa shape index (κ3) is 3.29. The summed E-state index contributed by atoms with van der Waals surface area (Å²) in [5.74, 6) is -1.27. The molecule has 0 fully saturated rings. The first-order valence-electron chi connectivity index (χ1n) is 6.45. The third-order valence-electron chi connectivity index (χ3n) is 3.12. The number of aromatic amines is 1. The Bertz CT molecular complexity index is 780. The molecule has 1 aromatic heterocycles. The van der Waals surface area contributed by atoms with Crippen LogP contribution in [0.15, 0.2) is 29.1 Å². The number of H-pyrrole nitrogens is 1. The second kappa shape index (κ2) is 6.08. The molecular formula is C14H15N5O3. The van der Waals surface area contributed by atoms with Gasteiger partial charge < -0.3 is 17.2 Å². The SMILES string of the molecule is NC(=O)c1ccc(CCC(=O)c2c(N)nc(N)[nH]c2=O)cc1. The van der Waals surface area contributed by atoms with Crippen LogP contribution in [0, 0.1) is 0 Å². The number of ketones is 1. The number of anilines is 2. The Morgan fingerprint density at radius 3 is 2.32 bits per heavy atom. The van der Waals surface area contributed by atoms with Gasteiger partial charge in [0, 0.05) is 12.0 Å². The van der Waals surface area contributed by atoms with Crippen molar-refractivity contribution < 1.29 is 9.59 Å². The van der Waals surface area contributed by atoms with Gasteiger partial charge in [0.05, 0.1) is 0 Å². The Morgan fingerprint density at radius 2 is 1.77 bits per heavy atom. The first-order valence-corrected chi connectivity index (χ1v) is 6.45. The molecule has 0 radical (unpaired) electrons. The molecule has 0 unspecified atom stereocenters. The van der Waals surface area contributed by atoms with E-state index < -0.39 is 17.2 Å². The molecule has 2 aromatic rings. The second-order valence-corrected chi connectivity index (χ2v) is 4.70. The second-order valence-electron chi connectivity index (χ2n) is 4.70. The van der Waals surface area contributed by atoms with Crippen LogP contribution in [0.3, 0.4) is 0 Å². The van der Waals surface area contributed by atoms with Gasteiger partial charge in [0.25, 0.3) is 5.56 Å². The number of aryl methyl sites for hydroxylation is 1. The van der Waals surface area contributed by atoms with E-state index in [9.17, 15) is 14.4 Å². The van der Waals surface area contributed by atoms with E-state index in [0.29, 0.717) is 12.0 Å². The van der Waals surface area contributed by atoms with Crippen molar-refractivity contribution in [3.63, 3.8) is 0 Å². The highest BCUT2D eigenvalue weighted by atomic mass is 16.1. The van der Waals surface area contributed by atoms with Gasteiger partial charge in [0.2, 0.25) is 11.9 Å². The zero-order valence-electron chi connectivity index (χ0n) is 11.6. The summed E-state index contributed by atoms with van der Waals surface area (Å²) < 4.78 is 0. The van der Waals surface area contributed by atoms with E-state index in [4.69, 9.17) is 17.2 Å². The Morgan fingerprint density at radius 1 is 1.14 bits per heavy atom. The molecule has 0 atom stereocenters. The molecule has 114 valence electrons. The minimum Gasteiger partial charge on any atom is -0.383 e. The average Bonchev–Trinajstić information content (AvgIpc) is 2.44. The van der Waals surface area contributed by atoms with E-state index in [1.54, 1.807) is 24.3 Å². The van der Waals surface area contributed by atoms with Crippen molar-refractivity contribution in [2.24, 2.45) is 5.73 Å². The van der Waals surface area contributed by atoms with Gasteiger partial charge in [-0.3, -0.25) is 19.4 Å². The summed E-state index contributed by atoms with van der Waals surface area (Å²) in [5.41, 5.74) is 16.4. The normalized spacial score (nSPS) is 10.4. The van der Waals surface area contributed by atoms with Gasteiger partial charge in [-0.05, 0) is 24.1 Å². The zero-order chi connectivity index (χ0) is 16.3. The van der Waals surface area contributed by atoms with Crippen LogP contribution in [-0.2, 0) is 6.42 Å². The summed E-state index contributed by atoms with van der Waals surface area (Å²) in [6, 6.07) is 6.55. The lowest BCUT2D eigenvalue weighted by Gasteiger charge is -2.05. The van der Waals surface area contributed by atoms with Gasteiger partial charge in [0.15, 0.2) is 5.78 Å². The molecule has 0 saturated heterocycles. The standard InChI is InChI=1S/C14H15N5O3/c15-11-10(13(22)19-14(17)18-11)9(20)6-3-7-1-4-8(5-2-7)12(16)21/h1-2,4-5H,3,6H2,(H2,16,21)(H5,15,17,18,19,22). The van der Waals surface area contributed by atoms with Crippen LogP contribution >= 0.6 is 0 Å². The van der Waals surface area contributed by atoms with Crippen LogP contribution in [0.1, 0.15) is 32.7 Å². The molecule has 0 bridgehead atoms. The number of hydrogen-bond donors (Lipinski definition) is 4. The van der Waals surface area contributed by atoms with Gasteiger partial charge in [0.1, 0.15) is 11.4 Å². The smallest absolute Gasteiger partial charge is 0.265 e. The number of carbonyl (C=O) groups excluding carboxylic acids is 2. The molecule has 0 aliphatic heterocycles. The monoisotopic (exact) mass is 301 g/mol. The first kappa shape index (κ1) is 15.2. The largest absolute Gasteiger partial charge is 0.383 e. The number of nitrogens with zero attached hydrogens (tertiary/aromatic N) is 1. The van der Waals surface area contributed by atoms with Crippen molar-refractivity contribution in [2.45, 2.75) is 12.8 Å². The highest BCUT2D eigenvalue weighted by molar-refractivity contribution is 5.99. The molecule has 1 amide bonds. The van der Waals surface area contributed by atoms with Gasteiger partial charge in [-0.1, -0.05) is 12.1 Å². The quantitative estimate of drug-likeness (QED) is 0.562. The summed E-state index contributed by atoms with van der Waals surface area (Å²) in [7, 11) is 0. The maximum atomic E-state index is 12.1. The van der Waals surface area contributed by atoms with Gasteiger partial charge >= 0.3 is 0 Å². The number of carbonyl (C=O) groups is 2. The summed E-state index contributed by atoms with van der Waals surface area (Å²) in [6.45, 7) is 0. The maximum Gasteiger partial charge on any atom is 0.265 e. The van der Waals surface area contributed by atoms with Crippen LogP contribution < -0.4 is 22.8 Å². The van der Waals surface area contributed by atoms with Crippen molar-refractivity contribution in [1.82, 2.24) is 9.97 Å². The number of Topliss-reactive ketones (excluding diaryl/α,β-unsaturated/α-hetero) is 1. The predicted molar refractivity (Wildman–Crippen MR) is 81.3 cm³/mol. The zero-order valence-corrected chi connectivity index (χ0v) is 11.6. The Hall–Kier alpha value is -3.16. The van der Waals surface area contributed by atoms with E-state index in [-0.39, 0.29) is 23.8 Å². The first-order chi connectivity index (χ1) is 10.4. The van der Waals surface area contributed by atoms with Gasteiger partial charge in [-0.2, -0.15) is 4.98 Å². The van der Waals surface area contributed by atoms with E-state index in [0.717, 1.165) is 5.56 Å². The minimum absolute atomic E-state index is 0.0782. The number of benzene rings is 1. The number of aromatic nitrogens is 2. The Balaban J connectivity index is 2.10. The van der Waals surface area contributed by atoms with Crippen molar-refractivity contribution in [2.75, 3.05) is 11.5 Å². The fraction of sp³-hybridized carbons (Fsp3) is 0.143. The minimum atomic E-state index is -0.654.